The van der Waals surface area contributed by atoms with Crippen LogP contribution in [0.1, 0.15) is 0 Å². The smallest absolute Gasteiger partial charge is 0.182 e. The summed E-state index contributed by atoms with van der Waals surface area (Å²) in [6.07, 6.45) is 0. The Morgan fingerprint density at radius 2 is 1.58 bits per heavy atom. The summed E-state index contributed by atoms with van der Waals surface area (Å²) in [4.78, 5) is 4.83. The van der Waals surface area contributed by atoms with Crippen molar-refractivity contribution in [3.63, 3.8) is 0 Å². The fourth-order valence-corrected chi connectivity index (χ4v) is 4.51. The van der Waals surface area contributed by atoms with E-state index in [2.05, 4.69) is 6.07 Å². The second-order valence-corrected chi connectivity index (χ2v) is 7.68. The number of fused-ring (bicyclic) bond motifs is 8. The molecule has 0 N–H and O–H groups in total. The van der Waals surface area contributed by atoms with Gasteiger partial charge in [-0.3, -0.25) is 0 Å². The molecule has 146 valence electrons. The van der Waals surface area contributed by atoms with Gasteiger partial charge in [0.15, 0.2) is 11.5 Å². The number of nitrogens with zero attached hydrogens (tertiary/aromatic N) is 3. The molecule has 7 rings (SSSR count). The second-order valence-electron chi connectivity index (χ2n) is 7.68. The molecule has 0 saturated carbocycles. The molecule has 31 heavy (non-hydrogen) atoms. The number of pyridine rings is 1. The molecule has 0 aliphatic carbocycles. The molecule has 0 unspecified atom stereocenters. The van der Waals surface area contributed by atoms with Crippen molar-refractivity contribution in [1.29, 1.82) is 0 Å². The molecular weight excluding hydrogens is 389 g/mol. The van der Waals surface area contributed by atoms with E-state index in [0.29, 0.717) is 5.82 Å². The third-order valence-corrected chi connectivity index (χ3v) is 5.88. The van der Waals surface area contributed by atoms with Crippen molar-refractivity contribution in [3.8, 4) is 11.4 Å². The molecular formula is C26H14FN3O. The number of rotatable bonds is 1. The summed E-state index contributed by atoms with van der Waals surface area (Å²) in [5.41, 5.74) is 4.23. The van der Waals surface area contributed by atoms with Crippen LogP contribution >= 0.6 is 0 Å². The topological polar surface area (TPSA) is 43.3 Å². The van der Waals surface area contributed by atoms with Crippen molar-refractivity contribution in [2.24, 2.45) is 0 Å². The van der Waals surface area contributed by atoms with Crippen LogP contribution in [0.5, 0.6) is 0 Å². The maximum atomic E-state index is 13.8. The quantitative estimate of drug-likeness (QED) is 0.285. The monoisotopic (exact) mass is 403 g/mol. The van der Waals surface area contributed by atoms with E-state index < -0.39 is 0 Å². The number of aromatic nitrogens is 3. The predicted molar refractivity (Wildman–Crippen MR) is 121 cm³/mol. The van der Waals surface area contributed by atoms with E-state index in [1.807, 2.05) is 65.2 Å². The zero-order valence-corrected chi connectivity index (χ0v) is 16.2. The summed E-state index contributed by atoms with van der Waals surface area (Å²) in [6.45, 7) is 0. The van der Waals surface area contributed by atoms with Gasteiger partial charge in [-0.1, -0.05) is 42.5 Å². The lowest BCUT2D eigenvalue weighted by Crippen LogP contribution is -1.92. The highest BCUT2D eigenvalue weighted by Gasteiger charge is 2.17. The molecule has 3 aromatic heterocycles. The summed E-state index contributed by atoms with van der Waals surface area (Å²) in [6, 6.07) is 26.7. The fourth-order valence-electron chi connectivity index (χ4n) is 4.51. The lowest BCUT2D eigenvalue weighted by molar-refractivity contribution is 0.630. The van der Waals surface area contributed by atoms with Crippen molar-refractivity contribution in [2.75, 3.05) is 0 Å². The van der Waals surface area contributed by atoms with Gasteiger partial charge in [0, 0.05) is 27.1 Å². The van der Waals surface area contributed by atoms with Crippen LogP contribution in [0.15, 0.2) is 89.3 Å². The Kier molecular flexibility index (Phi) is 3.14. The molecule has 0 radical (unpaired) electrons. The molecule has 0 amide bonds. The van der Waals surface area contributed by atoms with Crippen LogP contribution in [0.2, 0.25) is 0 Å². The maximum absolute atomic E-state index is 13.8. The SMILES string of the molecule is Fc1ccc2c(ccc3ccc4nc(-c5cccc6oc7ccccc7c56)nn4c32)c1. The predicted octanol–water partition coefficient (Wildman–Crippen LogP) is 6.74. The maximum Gasteiger partial charge on any atom is 0.182 e. The van der Waals surface area contributed by atoms with Crippen LogP contribution in [-0.4, -0.2) is 14.6 Å². The molecule has 3 heterocycles. The Morgan fingerprint density at radius 3 is 2.55 bits per heavy atom. The van der Waals surface area contributed by atoms with Gasteiger partial charge in [-0.25, -0.2) is 13.9 Å². The van der Waals surface area contributed by atoms with Gasteiger partial charge in [0.2, 0.25) is 0 Å². The molecule has 0 spiro atoms. The van der Waals surface area contributed by atoms with Crippen molar-refractivity contribution in [1.82, 2.24) is 14.6 Å². The van der Waals surface area contributed by atoms with Gasteiger partial charge in [-0.2, -0.15) is 0 Å². The van der Waals surface area contributed by atoms with Gasteiger partial charge in [0.05, 0.1) is 5.52 Å². The summed E-state index contributed by atoms with van der Waals surface area (Å²) in [5.74, 6) is 0.376. The molecule has 7 aromatic rings. The first-order valence-electron chi connectivity index (χ1n) is 10.0. The van der Waals surface area contributed by atoms with Gasteiger partial charge >= 0.3 is 0 Å². The normalized spacial score (nSPS) is 12.0. The minimum absolute atomic E-state index is 0.253. The highest BCUT2D eigenvalue weighted by atomic mass is 19.1. The van der Waals surface area contributed by atoms with Gasteiger partial charge in [-0.05, 0) is 47.9 Å². The second kappa shape index (κ2) is 5.89. The largest absolute Gasteiger partial charge is 0.456 e. The van der Waals surface area contributed by atoms with Crippen molar-refractivity contribution in [2.45, 2.75) is 0 Å². The zero-order chi connectivity index (χ0) is 20.5. The van der Waals surface area contributed by atoms with Crippen molar-refractivity contribution in [3.05, 3.63) is 90.7 Å². The lowest BCUT2D eigenvalue weighted by Gasteiger charge is -2.05. The summed E-state index contributed by atoms with van der Waals surface area (Å²) in [7, 11) is 0. The third kappa shape index (κ3) is 2.28. The van der Waals surface area contributed by atoms with E-state index in [9.17, 15) is 4.39 Å². The first kappa shape index (κ1) is 16.5. The Morgan fingerprint density at radius 1 is 0.742 bits per heavy atom. The Bertz CT molecular complexity index is 1810. The lowest BCUT2D eigenvalue weighted by atomic mass is 10.1. The van der Waals surface area contributed by atoms with Gasteiger partial charge in [-0.15, -0.1) is 5.10 Å². The minimum atomic E-state index is -0.253. The molecule has 4 aromatic carbocycles. The van der Waals surface area contributed by atoms with Gasteiger partial charge in [0.25, 0.3) is 0 Å². The highest BCUT2D eigenvalue weighted by Crippen LogP contribution is 2.36. The number of hydrogen-bond donors (Lipinski definition) is 0. The number of hydrogen-bond acceptors (Lipinski definition) is 3. The van der Waals surface area contributed by atoms with Crippen LogP contribution < -0.4 is 0 Å². The number of para-hydroxylation sites is 1. The van der Waals surface area contributed by atoms with Crippen LogP contribution in [0.25, 0.3) is 60.6 Å². The summed E-state index contributed by atoms with van der Waals surface area (Å²) < 4.78 is 21.7. The fraction of sp³-hybridized carbons (Fsp3) is 0. The zero-order valence-electron chi connectivity index (χ0n) is 16.2. The van der Waals surface area contributed by atoms with E-state index in [0.717, 1.165) is 54.8 Å². The van der Waals surface area contributed by atoms with Crippen molar-refractivity contribution >= 4 is 49.3 Å². The summed E-state index contributed by atoms with van der Waals surface area (Å²) >= 11 is 0. The number of benzene rings is 4. The van der Waals surface area contributed by atoms with Crippen LogP contribution in [0, 0.1) is 5.82 Å². The Hall–Kier alpha value is -4.25. The average Bonchev–Trinajstić information content (AvgIpc) is 3.40. The molecule has 5 heteroatoms. The van der Waals surface area contributed by atoms with Gasteiger partial charge in [0.1, 0.15) is 17.0 Å². The van der Waals surface area contributed by atoms with Gasteiger partial charge < -0.3 is 4.42 Å². The first-order valence-corrected chi connectivity index (χ1v) is 10.0. The average molecular weight is 403 g/mol. The first-order chi connectivity index (χ1) is 15.3. The molecule has 4 nitrogen and oxygen atoms in total. The van der Waals surface area contributed by atoms with Crippen LogP contribution in [0.4, 0.5) is 4.39 Å². The summed E-state index contributed by atoms with van der Waals surface area (Å²) in [5, 5.41) is 9.73. The standard InChI is InChI=1S/C26H14FN3O/c27-17-11-12-18-16(14-17)9-8-15-10-13-23-28-26(29-30(23)25(15)18)20-5-3-7-22-24(20)19-4-1-2-6-21(19)31-22/h1-14H. The molecule has 0 bridgehead atoms. The Labute approximate surface area is 175 Å². The van der Waals surface area contributed by atoms with Crippen molar-refractivity contribution < 1.29 is 8.81 Å². The van der Waals surface area contributed by atoms with E-state index >= 15 is 0 Å². The van der Waals surface area contributed by atoms with E-state index in [4.69, 9.17) is 14.5 Å². The molecule has 0 aliphatic rings. The molecule has 0 saturated heterocycles. The van der Waals surface area contributed by atoms with E-state index in [-0.39, 0.29) is 5.82 Å². The minimum Gasteiger partial charge on any atom is -0.456 e. The Balaban J connectivity index is 1.59. The number of halogens is 1. The van der Waals surface area contributed by atoms with E-state index in [1.54, 1.807) is 12.1 Å². The van der Waals surface area contributed by atoms with Crippen LogP contribution in [0.3, 0.4) is 0 Å². The van der Waals surface area contributed by atoms with E-state index in [1.165, 1.54) is 6.07 Å². The molecule has 0 atom stereocenters. The third-order valence-electron chi connectivity index (χ3n) is 5.88. The number of furan rings is 1. The molecule has 0 fully saturated rings. The molecule has 0 aliphatic heterocycles. The van der Waals surface area contributed by atoms with Crippen LogP contribution in [-0.2, 0) is 0 Å². The highest BCUT2D eigenvalue weighted by molar-refractivity contribution is 6.12.